The Hall–Kier alpha value is -2.38. The van der Waals surface area contributed by atoms with E-state index in [0.717, 1.165) is 0 Å². The van der Waals surface area contributed by atoms with E-state index in [4.69, 9.17) is 4.74 Å². The summed E-state index contributed by atoms with van der Waals surface area (Å²) >= 11 is 0. The largest absolute Gasteiger partial charge is 0.586 e. The Morgan fingerprint density at radius 1 is 1.38 bits per heavy atom. The molecule has 1 heterocycles. The van der Waals surface area contributed by atoms with Crippen LogP contribution in [0.25, 0.3) is 0 Å². The quantitative estimate of drug-likeness (QED) is 0.923. The predicted molar refractivity (Wildman–Crippen MR) is 64.0 cm³/mol. The fourth-order valence-electron chi connectivity index (χ4n) is 1.98. The fraction of sp³-hybridized carbons (Fsp3) is 0.385. The molecule has 0 bridgehead atoms. The molecule has 112 valence electrons. The third-order valence-electron chi connectivity index (χ3n) is 3.20. The molecule has 8 heteroatoms. The molecule has 1 aromatic rings. The number of hydrogen-bond acceptors (Lipinski definition) is 5. The minimum absolute atomic E-state index is 0.0303. The summed E-state index contributed by atoms with van der Waals surface area (Å²) in [6.45, 7) is -0.130. The minimum atomic E-state index is -3.68. The van der Waals surface area contributed by atoms with Gasteiger partial charge in [0.1, 0.15) is 6.61 Å². The molecule has 1 saturated carbocycles. The number of carbonyl (C=O) groups is 2. The second kappa shape index (κ2) is 4.87. The highest BCUT2D eigenvalue weighted by atomic mass is 19.3. The third kappa shape index (κ3) is 2.88. The molecule has 1 amide bonds. The molecule has 0 unspecified atom stereocenters. The molecule has 1 N–H and O–H groups in total. The van der Waals surface area contributed by atoms with E-state index >= 15 is 0 Å². The number of hydrogen-bond donors (Lipinski definition) is 1. The molecule has 2 aliphatic rings. The second-order valence-electron chi connectivity index (χ2n) is 4.73. The van der Waals surface area contributed by atoms with Gasteiger partial charge in [0.15, 0.2) is 17.3 Å². The van der Waals surface area contributed by atoms with Crippen LogP contribution in [0.15, 0.2) is 18.2 Å². The van der Waals surface area contributed by atoms with Gasteiger partial charge in [0.05, 0.1) is 6.04 Å². The maximum Gasteiger partial charge on any atom is 0.586 e. The predicted octanol–water partition coefficient (Wildman–Crippen LogP) is 1.97. The summed E-state index contributed by atoms with van der Waals surface area (Å²) in [7, 11) is 0. The van der Waals surface area contributed by atoms with Gasteiger partial charge in [-0.2, -0.15) is 0 Å². The van der Waals surface area contributed by atoms with Gasteiger partial charge in [0.2, 0.25) is 0 Å². The maximum absolute atomic E-state index is 12.8. The Bertz CT molecular complexity index is 604. The Morgan fingerprint density at radius 2 is 2.14 bits per heavy atom. The van der Waals surface area contributed by atoms with E-state index in [-0.39, 0.29) is 23.9 Å². The molecule has 1 aliphatic heterocycles. The maximum atomic E-state index is 12.8. The summed E-state index contributed by atoms with van der Waals surface area (Å²) in [4.78, 5) is 22.5. The van der Waals surface area contributed by atoms with Gasteiger partial charge in [-0.25, -0.2) is 4.79 Å². The zero-order chi connectivity index (χ0) is 15.0. The fourth-order valence-corrected chi connectivity index (χ4v) is 1.98. The number of ketones is 1. The van der Waals surface area contributed by atoms with Gasteiger partial charge in [-0.1, -0.05) is 6.07 Å². The van der Waals surface area contributed by atoms with Crippen LogP contribution in [0.3, 0.4) is 0 Å². The molecule has 1 atom stereocenters. The molecule has 1 aromatic carbocycles. The average molecular weight is 299 g/mol. The summed E-state index contributed by atoms with van der Waals surface area (Å²) in [6.07, 6.45) is -3.34. The van der Waals surface area contributed by atoms with Crippen molar-refractivity contribution < 1.29 is 32.6 Å². The van der Waals surface area contributed by atoms with E-state index in [1.165, 1.54) is 18.2 Å². The zero-order valence-corrected chi connectivity index (χ0v) is 10.7. The summed E-state index contributed by atoms with van der Waals surface area (Å²) in [6, 6.07) is 3.61. The lowest BCUT2D eigenvalue weighted by Gasteiger charge is -2.24. The van der Waals surface area contributed by atoms with Crippen LogP contribution in [0.5, 0.6) is 11.5 Å². The van der Waals surface area contributed by atoms with Crippen molar-refractivity contribution >= 4 is 11.9 Å². The number of rotatable bonds is 3. The van der Waals surface area contributed by atoms with Gasteiger partial charge in [-0.15, -0.1) is 8.78 Å². The first-order chi connectivity index (χ1) is 9.93. The van der Waals surface area contributed by atoms with Gasteiger partial charge in [-0.05, 0) is 24.1 Å². The molecule has 0 spiro atoms. The third-order valence-corrected chi connectivity index (χ3v) is 3.20. The van der Waals surface area contributed by atoms with Gasteiger partial charge in [0.25, 0.3) is 0 Å². The van der Waals surface area contributed by atoms with Gasteiger partial charge in [-0.3, -0.25) is 4.79 Å². The monoisotopic (exact) mass is 299 g/mol. The molecule has 1 aliphatic carbocycles. The first-order valence-electron chi connectivity index (χ1n) is 6.28. The lowest BCUT2D eigenvalue weighted by atomic mass is 9.91. The highest BCUT2D eigenvalue weighted by Crippen LogP contribution is 2.41. The van der Waals surface area contributed by atoms with Crippen LogP contribution in [0.4, 0.5) is 13.6 Å². The van der Waals surface area contributed by atoms with E-state index < -0.39 is 18.4 Å². The van der Waals surface area contributed by atoms with Crippen molar-refractivity contribution in [2.45, 2.75) is 31.8 Å². The van der Waals surface area contributed by atoms with E-state index in [2.05, 4.69) is 14.8 Å². The van der Waals surface area contributed by atoms with Gasteiger partial charge < -0.3 is 19.5 Å². The smallest absolute Gasteiger partial charge is 0.445 e. The standard InChI is InChI=1S/C13H11F2NO5/c14-13(15)20-10-4-1-7(5-11(10)21-13)6-19-12(18)16-8-2-3-9(8)17/h1,4-5,8H,2-3,6H2,(H,16,18)/t8-/m0/s1. The Balaban J connectivity index is 1.54. The first-order valence-corrected chi connectivity index (χ1v) is 6.28. The van der Waals surface area contributed by atoms with Crippen LogP contribution in [-0.4, -0.2) is 24.2 Å². The molecule has 1 fully saturated rings. The zero-order valence-electron chi connectivity index (χ0n) is 10.7. The SMILES string of the molecule is O=C(N[C@H]1CCC1=O)OCc1ccc2c(c1)OC(F)(F)O2. The number of ether oxygens (including phenoxy) is 3. The van der Waals surface area contributed by atoms with Crippen LogP contribution < -0.4 is 14.8 Å². The van der Waals surface area contributed by atoms with Crippen LogP contribution >= 0.6 is 0 Å². The molecule has 0 radical (unpaired) electrons. The van der Waals surface area contributed by atoms with Crippen molar-refractivity contribution in [2.24, 2.45) is 0 Å². The van der Waals surface area contributed by atoms with Crippen LogP contribution in [-0.2, 0) is 16.1 Å². The highest BCUT2D eigenvalue weighted by Gasteiger charge is 2.43. The van der Waals surface area contributed by atoms with Gasteiger partial charge in [0, 0.05) is 6.42 Å². The molecule has 0 saturated heterocycles. The lowest BCUT2D eigenvalue weighted by Crippen LogP contribution is -2.47. The van der Waals surface area contributed by atoms with Crippen LogP contribution in [0.1, 0.15) is 18.4 Å². The molecule has 3 rings (SSSR count). The van der Waals surface area contributed by atoms with Gasteiger partial charge >= 0.3 is 12.4 Å². The number of nitrogens with one attached hydrogen (secondary N) is 1. The normalized spacial score (nSPS) is 21.6. The highest BCUT2D eigenvalue weighted by molar-refractivity contribution is 5.92. The molecule has 21 heavy (non-hydrogen) atoms. The van der Waals surface area contributed by atoms with E-state index in [1.54, 1.807) is 0 Å². The van der Waals surface area contributed by atoms with Crippen molar-refractivity contribution in [1.82, 2.24) is 5.32 Å². The Kier molecular flexibility index (Phi) is 3.15. The number of fused-ring (bicyclic) bond motifs is 1. The number of benzene rings is 1. The van der Waals surface area contributed by atoms with Crippen molar-refractivity contribution in [3.63, 3.8) is 0 Å². The van der Waals surface area contributed by atoms with E-state index in [1.807, 2.05) is 0 Å². The number of alkyl carbamates (subject to hydrolysis) is 1. The summed E-state index contributed by atoms with van der Waals surface area (Å²) in [5, 5.41) is 2.42. The molecular formula is C13H11F2NO5. The van der Waals surface area contributed by atoms with Crippen LogP contribution in [0.2, 0.25) is 0 Å². The number of Topliss-reactive ketones (excluding diaryl/α,β-unsaturated/α-hetero) is 1. The topological polar surface area (TPSA) is 73.9 Å². The van der Waals surface area contributed by atoms with E-state index in [0.29, 0.717) is 18.4 Å². The average Bonchev–Trinajstić information content (AvgIpc) is 2.73. The number of amides is 1. The lowest BCUT2D eigenvalue weighted by molar-refractivity contribution is -0.286. The second-order valence-corrected chi connectivity index (χ2v) is 4.73. The van der Waals surface area contributed by atoms with E-state index in [9.17, 15) is 18.4 Å². The number of halogens is 2. The van der Waals surface area contributed by atoms with Crippen molar-refractivity contribution in [2.75, 3.05) is 0 Å². The summed E-state index contributed by atoms with van der Waals surface area (Å²) < 4.78 is 39.1. The van der Waals surface area contributed by atoms with Crippen molar-refractivity contribution in [3.05, 3.63) is 23.8 Å². The Morgan fingerprint density at radius 3 is 2.81 bits per heavy atom. The van der Waals surface area contributed by atoms with Crippen LogP contribution in [0, 0.1) is 0 Å². The molecular weight excluding hydrogens is 288 g/mol. The van der Waals surface area contributed by atoms with Crippen molar-refractivity contribution in [1.29, 1.82) is 0 Å². The summed E-state index contributed by atoms with van der Waals surface area (Å²) in [5.74, 6) is -0.221. The molecule has 0 aromatic heterocycles. The Labute approximate surface area is 118 Å². The van der Waals surface area contributed by atoms with Crippen molar-refractivity contribution in [3.8, 4) is 11.5 Å². The first kappa shape index (κ1) is 13.6. The number of alkyl halides is 2. The summed E-state index contributed by atoms with van der Waals surface area (Å²) in [5.41, 5.74) is 0.463. The minimum Gasteiger partial charge on any atom is -0.445 e. The molecule has 6 nitrogen and oxygen atoms in total. The number of carbonyl (C=O) groups excluding carboxylic acids is 2.